The second-order valence-electron chi connectivity index (χ2n) is 6.95. The first-order valence-corrected chi connectivity index (χ1v) is 10.2. The molecule has 1 heterocycles. The number of nitrogens with zero attached hydrogens (tertiary/aromatic N) is 1. The molecule has 1 saturated heterocycles. The topological polar surface area (TPSA) is 50.8 Å². The Morgan fingerprint density at radius 2 is 1.88 bits per heavy atom. The van der Waals surface area contributed by atoms with Crippen LogP contribution in [0.2, 0.25) is 0 Å². The minimum absolute atomic E-state index is 0.403. The summed E-state index contributed by atoms with van der Waals surface area (Å²) < 4.78 is 11.1. The Balaban J connectivity index is 1.65. The smallest absolute Gasteiger partial charge is 0.411 e. The van der Waals surface area contributed by atoms with Gasteiger partial charge in [-0.25, -0.2) is 4.79 Å². The highest BCUT2D eigenvalue weighted by molar-refractivity contribution is 5.84. The molecule has 0 atom stereocenters. The van der Waals surface area contributed by atoms with Gasteiger partial charge in [-0.05, 0) is 44.5 Å². The van der Waals surface area contributed by atoms with E-state index in [9.17, 15) is 4.79 Å². The van der Waals surface area contributed by atoms with Crippen LogP contribution in [0.3, 0.4) is 0 Å². The molecular formula is C21H34N2O3. The lowest BCUT2D eigenvalue weighted by molar-refractivity contribution is 0.140. The number of ether oxygens (including phenoxy) is 2. The summed E-state index contributed by atoms with van der Waals surface area (Å²) in [5.74, 6) is 0.781. The van der Waals surface area contributed by atoms with Gasteiger partial charge in [-0.3, -0.25) is 10.2 Å². The third-order valence-electron chi connectivity index (χ3n) is 4.69. The van der Waals surface area contributed by atoms with E-state index in [1.807, 2.05) is 24.3 Å². The van der Waals surface area contributed by atoms with Crippen LogP contribution < -0.4 is 10.1 Å². The Morgan fingerprint density at radius 3 is 2.65 bits per heavy atom. The van der Waals surface area contributed by atoms with Gasteiger partial charge in [0.05, 0.1) is 6.61 Å². The van der Waals surface area contributed by atoms with Gasteiger partial charge >= 0.3 is 6.09 Å². The lowest BCUT2D eigenvalue weighted by atomic mass is 10.2. The van der Waals surface area contributed by atoms with E-state index in [-0.39, 0.29) is 0 Å². The average Bonchev–Trinajstić information content (AvgIpc) is 2.91. The van der Waals surface area contributed by atoms with Crippen LogP contribution in [0.1, 0.15) is 58.3 Å². The number of hydrogen-bond donors (Lipinski definition) is 1. The molecule has 26 heavy (non-hydrogen) atoms. The van der Waals surface area contributed by atoms with Gasteiger partial charge < -0.3 is 9.47 Å². The number of likely N-dealkylation sites (tertiary alicyclic amines) is 1. The van der Waals surface area contributed by atoms with Gasteiger partial charge in [-0.15, -0.1) is 0 Å². The van der Waals surface area contributed by atoms with E-state index in [4.69, 9.17) is 9.47 Å². The summed E-state index contributed by atoms with van der Waals surface area (Å²) in [7, 11) is 0. The van der Waals surface area contributed by atoms with Gasteiger partial charge in [-0.1, -0.05) is 45.1 Å². The first-order chi connectivity index (χ1) is 12.8. The molecule has 0 aromatic heterocycles. The van der Waals surface area contributed by atoms with E-state index in [0.29, 0.717) is 18.9 Å². The predicted octanol–water partition coefficient (Wildman–Crippen LogP) is 5.07. The first-order valence-electron chi connectivity index (χ1n) is 10.2. The van der Waals surface area contributed by atoms with Gasteiger partial charge in [0.25, 0.3) is 0 Å². The predicted molar refractivity (Wildman–Crippen MR) is 106 cm³/mol. The average molecular weight is 363 g/mol. The van der Waals surface area contributed by atoms with E-state index in [2.05, 4.69) is 17.1 Å². The fourth-order valence-corrected chi connectivity index (χ4v) is 3.16. The highest BCUT2D eigenvalue weighted by Gasteiger charge is 2.10. The SMILES string of the molecule is CCCCCCOc1cccc(NC(=O)OCCN2CCCCCC2)c1. The molecule has 0 bridgehead atoms. The van der Waals surface area contributed by atoms with Gasteiger partial charge in [0.15, 0.2) is 0 Å². The number of nitrogens with one attached hydrogen (secondary N) is 1. The monoisotopic (exact) mass is 362 g/mol. The van der Waals surface area contributed by atoms with Crippen LogP contribution in [0.25, 0.3) is 0 Å². The van der Waals surface area contributed by atoms with E-state index in [1.165, 1.54) is 44.9 Å². The summed E-state index contributed by atoms with van der Waals surface area (Å²) >= 11 is 0. The Labute approximate surface area is 158 Å². The molecule has 146 valence electrons. The first kappa shape index (κ1) is 20.6. The van der Waals surface area contributed by atoms with Crippen molar-refractivity contribution in [2.75, 3.05) is 38.2 Å². The van der Waals surface area contributed by atoms with Gasteiger partial charge in [0.2, 0.25) is 0 Å². The fraction of sp³-hybridized carbons (Fsp3) is 0.667. The Hall–Kier alpha value is -1.75. The highest BCUT2D eigenvalue weighted by atomic mass is 16.5. The molecule has 1 aliphatic heterocycles. The fourth-order valence-electron chi connectivity index (χ4n) is 3.16. The maximum absolute atomic E-state index is 12.0. The van der Waals surface area contributed by atoms with Crippen LogP contribution in [-0.4, -0.2) is 43.8 Å². The molecule has 1 aromatic rings. The van der Waals surface area contributed by atoms with Crippen molar-refractivity contribution in [1.82, 2.24) is 4.90 Å². The number of hydrogen-bond acceptors (Lipinski definition) is 4. The maximum Gasteiger partial charge on any atom is 0.411 e. The van der Waals surface area contributed by atoms with Crippen molar-refractivity contribution in [2.24, 2.45) is 0 Å². The molecule has 0 saturated carbocycles. The molecular weight excluding hydrogens is 328 g/mol. The summed E-state index contributed by atoms with van der Waals surface area (Å²) in [5.41, 5.74) is 0.704. The lowest BCUT2D eigenvalue weighted by Crippen LogP contribution is -2.30. The highest BCUT2D eigenvalue weighted by Crippen LogP contribution is 2.18. The molecule has 0 aliphatic carbocycles. The lowest BCUT2D eigenvalue weighted by Gasteiger charge is -2.19. The molecule has 5 heteroatoms. The summed E-state index contributed by atoms with van der Waals surface area (Å²) in [4.78, 5) is 14.4. The minimum atomic E-state index is -0.403. The summed E-state index contributed by atoms with van der Waals surface area (Å²) in [6, 6.07) is 7.49. The van der Waals surface area contributed by atoms with Crippen LogP contribution in [0.15, 0.2) is 24.3 Å². The number of amides is 1. The van der Waals surface area contributed by atoms with E-state index < -0.39 is 6.09 Å². The zero-order valence-corrected chi connectivity index (χ0v) is 16.2. The second-order valence-corrected chi connectivity index (χ2v) is 6.95. The Kier molecular flexibility index (Phi) is 9.95. The van der Waals surface area contributed by atoms with Crippen LogP contribution in [0.4, 0.5) is 10.5 Å². The second kappa shape index (κ2) is 12.6. The number of carbonyl (C=O) groups is 1. The number of anilines is 1. The van der Waals surface area contributed by atoms with E-state index >= 15 is 0 Å². The van der Waals surface area contributed by atoms with Crippen molar-refractivity contribution in [1.29, 1.82) is 0 Å². The molecule has 1 N–H and O–H groups in total. The summed E-state index contributed by atoms with van der Waals surface area (Å²) in [5, 5.41) is 2.78. The summed E-state index contributed by atoms with van der Waals surface area (Å²) in [6.07, 6.45) is 9.44. The van der Waals surface area contributed by atoms with Crippen molar-refractivity contribution >= 4 is 11.8 Å². The molecule has 1 amide bonds. The number of unbranched alkanes of at least 4 members (excludes halogenated alkanes) is 3. The number of carbonyl (C=O) groups excluding carboxylic acids is 1. The van der Waals surface area contributed by atoms with Crippen molar-refractivity contribution < 1.29 is 14.3 Å². The van der Waals surface area contributed by atoms with Gasteiger partial charge in [-0.2, -0.15) is 0 Å². The minimum Gasteiger partial charge on any atom is -0.494 e. The molecule has 2 rings (SSSR count). The van der Waals surface area contributed by atoms with Crippen LogP contribution in [0, 0.1) is 0 Å². The van der Waals surface area contributed by atoms with E-state index in [0.717, 1.165) is 31.8 Å². The number of rotatable bonds is 10. The van der Waals surface area contributed by atoms with Crippen LogP contribution >= 0.6 is 0 Å². The molecule has 1 fully saturated rings. The van der Waals surface area contributed by atoms with E-state index in [1.54, 1.807) is 0 Å². The standard InChI is InChI=1S/C21H34N2O3/c1-2-3-4-9-16-25-20-12-10-11-19(18-20)22-21(24)26-17-15-23-13-7-5-6-8-14-23/h10-12,18H,2-9,13-17H2,1H3,(H,22,24). The van der Waals surface area contributed by atoms with Gasteiger partial charge in [0, 0.05) is 18.3 Å². The van der Waals surface area contributed by atoms with Crippen molar-refractivity contribution in [2.45, 2.75) is 58.3 Å². The third kappa shape index (κ3) is 8.56. The number of benzene rings is 1. The van der Waals surface area contributed by atoms with Crippen molar-refractivity contribution in [3.8, 4) is 5.75 Å². The molecule has 1 aliphatic rings. The van der Waals surface area contributed by atoms with Crippen LogP contribution in [0.5, 0.6) is 5.75 Å². The van der Waals surface area contributed by atoms with Crippen molar-refractivity contribution in [3.63, 3.8) is 0 Å². The van der Waals surface area contributed by atoms with Gasteiger partial charge in [0.1, 0.15) is 12.4 Å². The molecule has 0 spiro atoms. The maximum atomic E-state index is 12.0. The van der Waals surface area contributed by atoms with Crippen molar-refractivity contribution in [3.05, 3.63) is 24.3 Å². The zero-order valence-electron chi connectivity index (χ0n) is 16.2. The molecule has 0 radical (unpaired) electrons. The molecule has 0 unspecified atom stereocenters. The largest absolute Gasteiger partial charge is 0.494 e. The quantitative estimate of drug-likeness (QED) is 0.590. The zero-order chi connectivity index (χ0) is 18.5. The third-order valence-corrected chi connectivity index (χ3v) is 4.69. The molecule has 1 aromatic carbocycles. The summed E-state index contributed by atoms with van der Waals surface area (Å²) in [6.45, 7) is 6.38. The van der Waals surface area contributed by atoms with Crippen LogP contribution in [-0.2, 0) is 4.74 Å². The normalized spacial score (nSPS) is 15.3. The molecule has 5 nitrogen and oxygen atoms in total. The Bertz CT molecular complexity index is 514. The Morgan fingerprint density at radius 1 is 1.08 bits per heavy atom.